The van der Waals surface area contributed by atoms with Gasteiger partial charge in [-0.3, -0.25) is 0 Å². The first-order valence-electron chi connectivity index (χ1n) is 7.78. The van der Waals surface area contributed by atoms with E-state index in [9.17, 15) is 0 Å². The maximum absolute atomic E-state index is 5.74. The van der Waals surface area contributed by atoms with Crippen LogP contribution in [0.4, 0.5) is 0 Å². The van der Waals surface area contributed by atoms with Crippen molar-refractivity contribution in [2.24, 2.45) is 5.92 Å². The summed E-state index contributed by atoms with van der Waals surface area (Å²) in [7, 11) is 0. The van der Waals surface area contributed by atoms with E-state index in [2.05, 4.69) is 36.5 Å². The maximum atomic E-state index is 5.74. The first kappa shape index (κ1) is 13.0. The Labute approximate surface area is 116 Å². The quantitative estimate of drug-likeness (QED) is 0.893. The summed E-state index contributed by atoms with van der Waals surface area (Å²) in [6, 6.07) is 9.32. The van der Waals surface area contributed by atoms with Gasteiger partial charge in [-0.2, -0.15) is 0 Å². The first-order chi connectivity index (χ1) is 9.33. The molecule has 0 radical (unpaired) electrons. The highest BCUT2D eigenvalue weighted by molar-refractivity contribution is 5.37. The van der Waals surface area contributed by atoms with E-state index in [0.29, 0.717) is 5.92 Å². The number of rotatable bonds is 3. The number of para-hydroxylation sites is 1. The minimum absolute atomic E-state index is 0.700. The molecule has 3 unspecified atom stereocenters. The molecule has 2 nitrogen and oxygen atoms in total. The number of piperidine rings is 1. The van der Waals surface area contributed by atoms with Gasteiger partial charge in [0.25, 0.3) is 0 Å². The Morgan fingerprint density at radius 2 is 2.05 bits per heavy atom. The zero-order chi connectivity index (χ0) is 13.1. The van der Waals surface area contributed by atoms with Gasteiger partial charge in [0, 0.05) is 6.04 Å². The second-order valence-corrected chi connectivity index (χ2v) is 6.24. The van der Waals surface area contributed by atoms with Crippen molar-refractivity contribution in [1.82, 2.24) is 5.32 Å². The molecule has 1 N–H and O–H groups in total. The highest BCUT2D eigenvalue weighted by Crippen LogP contribution is 2.36. The van der Waals surface area contributed by atoms with Gasteiger partial charge in [0.05, 0.1) is 6.61 Å². The van der Waals surface area contributed by atoms with Crippen LogP contribution in [0.5, 0.6) is 5.75 Å². The van der Waals surface area contributed by atoms with Crippen molar-refractivity contribution in [3.63, 3.8) is 0 Å². The van der Waals surface area contributed by atoms with E-state index in [4.69, 9.17) is 4.74 Å². The summed E-state index contributed by atoms with van der Waals surface area (Å²) in [5.41, 5.74) is 1.43. The molecule has 1 saturated heterocycles. The van der Waals surface area contributed by atoms with Gasteiger partial charge in [0.2, 0.25) is 0 Å². The fraction of sp³-hybridized carbons (Fsp3) is 0.647. The van der Waals surface area contributed by atoms with Gasteiger partial charge < -0.3 is 10.1 Å². The van der Waals surface area contributed by atoms with Crippen LogP contribution >= 0.6 is 0 Å². The number of nitrogens with one attached hydrogen (secondary N) is 1. The van der Waals surface area contributed by atoms with Gasteiger partial charge in [0.15, 0.2) is 0 Å². The smallest absolute Gasteiger partial charge is 0.122 e. The lowest BCUT2D eigenvalue weighted by molar-refractivity contribution is 0.251. The second kappa shape index (κ2) is 5.96. The standard InChI is InChI=1S/C17H25NO/c1-13-6-8-15(18-12-13)9-7-14-10-11-19-17-5-3-2-4-16(14)17/h2-5,13-15,18H,6-12H2,1H3. The van der Waals surface area contributed by atoms with Crippen molar-refractivity contribution < 1.29 is 4.74 Å². The zero-order valence-corrected chi connectivity index (χ0v) is 11.9. The molecule has 1 aromatic carbocycles. The first-order valence-corrected chi connectivity index (χ1v) is 7.78. The van der Waals surface area contributed by atoms with E-state index >= 15 is 0 Å². The highest BCUT2D eigenvalue weighted by atomic mass is 16.5. The summed E-state index contributed by atoms with van der Waals surface area (Å²) in [6.45, 7) is 4.43. The minimum Gasteiger partial charge on any atom is -0.493 e. The molecule has 2 heteroatoms. The zero-order valence-electron chi connectivity index (χ0n) is 11.9. The molecular formula is C17H25NO. The molecule has 0 amide bonds. The van der Waals surface area contributed by atoms with Gasteiger partial charge in [-0.1, -0.05) is 25.1 Å². The number of ether oxygens (including phenoxy) is 1. The topological polar surface area (TPSA) is 21.3 Å². The lowest BCUT2D eigenvalue weighted by Crippen LogP contribution is -2.38. The van der Waals surface area contributed by atoms with Crippen LogP contribution in [0.3, 0.4) is 0 Å². The van der Waals surface area contributed by atoms with Crippen molar-refractivity contribution in [3.05, 3.63) is 29.8 Å². The van der Waals surface area contributed by atoms with E-state index in [-0.39, 0.29) is 0 Å². The van der Waals surface area contributed by atoms with Crippen LogP contribution < -0.4 is 10.1 Å². The fourth-order valence-electron chi connectivity index (χ4n) is 3.42. The predicted molar refractivity (Wildman–Crippen MR) is 78.7 cm³/mol. The molecule has 2 heterocycles. The Morgan fingerprint density at radius 3 is 2.89 bits per heavy atom. The molecule has 3 rings (SSSR count). The van der Waals surface area contributed by atoms with Crippen molar-refractivity contribution in [1.29, 1.82) is 0 Å². The third-order valence-electron chi connectivity index (χ3n) is 4.71. The van der Waals surface area contributed by atoms with E-state index in [1.165, 1.54) is 44.2 Å². The van der Waals surface area contributed by atoms with E-state index in [0.717, 1.165) is 24.3 Å². The Morgan fingerprint density at radius 1 is 1.16 bits per heavy atom. The number of fused-ring (bicyclic) bond motifs is 1. The monoisotopic (exact) mass is 259 g/mol. The van der Waals surface area contributed by atoms with Crippen LogP contribution in [0.15, 0.2) is 24.3 Å². The molecule has 19 heavy (non-hydrogen) atoms. The van der Waals surface area contributed by atoms with Crippen LogP contribution in [0, 0.1) is 5.92 Å². The molecule has 1 aromatic rings. The van der Waals surface area contributed by atoms with Crippen molar-refractivity contribution >= 4 is 0 Å². The molecule has 0 bridgehead atoms. The Bertz CT molecular complexity index is 409. The van der Waals surface area contributed by atoms with Gasteiger partial charge in [-0.15, -0.1) is 0 Å². The second-order valence-electron chi connectivity index (χ2n) is 6.24. The average Bonchev–Trinajstić information content (AvgIpc) is 2.47. The Hall–Kier alpha value is -1.02. The van der Waals surface area contributed by atoms with Crippen LogP contribution in [-0.2, 0) is 0 Å². The van der Waals surface area contributed by atoms with Crippen LogP contribution in [-0.4, -0.2) is 19.2 Å². The van der Waals surface area contributed by atoms with E-state index < -0.39 is 0 Å². The summed E-state index contributed by atoms with van der Waals surface area (Å²) < 4.78 is 5.74. The number of hydrogen-bond donors (Lipinski definition) is 1. The molecule has 104 valence electrons. The molecule has 0 saturated carbocycles. The summed E-state index contributed by atoms with van der Waals surface area (Å²) in [6.07, 6.45) is 6.53. The number of hydrogen-bond acceptors (Lipinski definition) is 2. The van der Waals surface area contributed by atoms with Crippen LogP contribution in [0.1, 0.15) is 50.5 Å². The third kappa shape index (κ3) is 3.11. The van der Waals surface area contributed by atoms with Crippen molar-refractivity contribution in [3.8, 4) is 5.75 Å². The molecule has 1 fully saturated rings. The predicted octanol–water partition coefficient (Wildman–Crippen LogP) is 3.72. The van der Waals surface area contributed by atoms with Crippen molar-refractivity contribution in [2.75, 3.05) is 13.2 Å². The average molecular weight is 259 g/mol. The highest BCUT2D eigenvalue weighted by Gasteiger charge is 2.23. The summed E-state index contributed by atoms with van der Waals surface area (Å²) in [5, 5.41) is 3.70. The van der Waals surface area contributed by atoms with Crippen LogP contribution in [0.2, 0.25) is 0 Å². The largest absolute Gasteiger partial charge is 0.493 e. The molecule has 0 spiro atoms. The normalized spacial score (nSPS) is 30.5. The van der Waals surface area contributed by atoms with E-state index in [1.807, 2.05) is 0 Å². The summed E-state index contributed by atoms with van der Waals surface area (Å²) in [5.74, 6) is 2.68. The summed E-state index contributed by atoms with van der Waals surface area (Å²) >= 11 is 0. The third-order valence-corrected chi connectivity index (χ3v) is 4.71. The molecule has 2 aliphatic rings. The van der Waals surface area contributed by atoms with Crippen molar-refractivity contribution in [2.45, 2.75) is 51.0 Å². The molecule has 2 aliphatic heterocycles. The van der Waals surface area contributed by atoms with Gasteiger partial charge in [-0.25, -0.2) is 0 Å². The Balaban J connectivity index is 1.56. The SMILES string of the molecule is CC1CCC(CCC2CCOc3ccccc32)NC1. The Kier molecular flexibility index (Phi) is 4.07. The fourth-order valence-corrected chi connectivity index (χ4v) is 3.42. The summed E-state index contributed by atoms with van der Waals surface area (Å²) in [4.78, 5) is 0. The number of benzene rings is 1. The minimum atomic E-state index is 0.700. The molecule has 0 aliphatic carbocycles. The molecular weight excluding hydrogens is 234 g/mol. The van der Waals surface area contributed by atoms with Crippen LogP contribution in [0.25, 0.3) is 0 Å². The lowest BCUT2D eigenvalue weighted by Gasteiger charge is -2.31. The van der Waals surface area contributed by atoms with E-state index in [1.54, 1.807) is 0 Å². The van der Waals surface area contributed by atoms with Gasteiger partial charge in [-0.05, 0) is 62.1 Å². The lowest BCUT2D eigenvalue weighted by atomic mass is 9.86. The van der Waals surface area contributed by atoms with Gasteiger partial charge >= 0.3 is 0 Å². The van der Waals surface area contributed by atoms with Gasteiger partial charge in [0.1, 0.15) is 5.75 Å². The molecule has 0 aromatic heterocycles. The maximum Gasteiger partial charge on any atom is 0.122 e. The molecule has 3 atom stereocenters.